The Morgan fingerprint density at radius 1 is 0.941 bits per heavy atom. The molecule has 18 heteroatoms. The van der Waals surface area contributed by atoms with Gasteiger partial charge in [0, 0.05) is 63.8 Å². The summed E-state index contributed by atoms with van der Waals surface area (Å²) in [5.41, 5.74) is -3.35. The van der Waals surface area contributed by atoms with Crippen molar-refractivity contribution in [3.05, 3.63) is 69.9 Å². The fourth-order valence-corrected chi connectivity index (χ4v) is 6.15. The molecular weight excluding hydrogens is 686 g/mol. The van der Waals surface area contributed by atoms with Gasteiger partial charge >= 0.3 is 12.4 Å². The summed E-state index contributed by atoms with van der Waals surface area (Å²) in [6.45, 7) is 4.90. The molecule has 1 unspecified atom stereocenters. The first-order valence-corrected chi connectivity index (χ1v) is 16.5. The maximum atomic E-state index is 14.0. The Hall–Kier alpha value is -4.45. The van der Waals surface area contributed by atoms with Crippen molar-refractivity contribution in [2.75, 3.05) is 69.8 Å². The number of piperazine rings is 1. The average Bonchev–Trinajstić information content (AvgIpc) is 3.09. The van der Waals surface area contributed by atoms with E-state index in [1.807, 2.05) is 4.90 Å². The second-order valence-electron chi connectivity index (χ2n) is 12.6. The number of nitrogens with zero attached hydrogens (tertiary/aromatic N) is 7. The molecule has 2 saturated heterocycles. The summed E-state index contributed by atoms with van der Waals surface area (Å²) in [5, 5.41) is 6.67. The number of ether oxygens (including phenoxy) is 2. The predicted octanol–water partition coefficient (Wildman–Crippen LogP) is 4.15. The Labute approximate surface area is 290 Å². The lowest BCUT2D eigenvalue weighted by molar-refractivity contribution is -0.139. The molecule has 278 valence electrons. The van der Waals surface area contributed by atoms with Crippen LogP contribution in [0.5, 0.6) is 5.75 Å². The molecule has 4 heterocycles. The largest absolute Gasteiger partial charge is 0.497 e. The number of rotatable bonds is 13. The van der Waals surface area contributed by atoms with E-state index in [-0.39, 0.29) is 44.2 Å². The van der Waals surface area contributed by atoms with Crippen molar-refractivity contribution < 1.29 is 40.6 Å². The van der Waals surface area contributed by atoms with E-state index in [0.717, 1.165) is 36.1 Å². The van der Waals surface area contributed by atoms with Crippen LogP contribution < -0.4 is 20.5 Å². The van der Waals surface area contributed by atoms with Gasteiger partial charge in [0.1, 0.15) is 11.3 Å². The van der Waals surface area contributed by atoms with E-state index in [9.17, 15) is 35.9 Å². The second-order valence-corrected chi connectivity index (χ2v) is 12.6. The predicted molar refractivity (Wildman–Crippen MR) is 175 cm³/mol. The molecule has 2 fully saturated rings. The minimum Gasteiger partial charge on any atom is -0.497 e. The fraction of sp³-hybridized carbons (Fsp3) is 0.545. The number of hydrogen-bond acceptors (Lipinski definition) is 10. The number of nitrogens with one attached hydrogen (secondary N) is 1. The summed E-state index contributed by atoms with van der Waals surface area (Å²) in [6.07, 6.45) is -4.87. The number of alkyl halides is 6. The first-order valence-electron chi connectivity index (χ1n) is 16.5. The molecule has 1 aromatic carbocycles. The van der Waals surface area contributed by atoms with Gasteiger partial charge < -0.3 is 24.6 Å². The number of benzene rings is 1. The van der Waals surface area contributed by atoms with Crippen LogP contribution in [0.4, 0.5) is 38.0 Å². The van der Waals surface area contributed by atoms with E-state index >= 15 is 0 Å². The van der Waals surface area contributed by atoms with E-state index in [2.05, 4.69) is 25.3 Å². The van der Waals surface area contributed by atoms with Gasteiger partial charge in [0.2, 0.25) is 11.9 Å². The summed E-state index contributed by atoms with van der Waals surface area (Å²) in [7, 11) is 1.49. The SMILES string of the molecule is COc1ccc(Cn2ncc(NC(C)COCCCN3CCN(C4CCN(c5ncc(C(F)(F)F)cn5)CC4)CC3=O)c(C(F)(F)F)c2=O)cc1. The summed E-state index contributed by atoms with van der Waals surface area (Å²) < 4.78 is 92.0. The van der Waals surface area contributed by atoms with E-state index in [1.165, 1.54) is 7.11 Å². The molecule has 5 rings (SSSR count). The zero-order chi connectivity index (χ0) is 36.8. The van der Waals surface area contributed by atoms with E-state index in [1.54, 1.807) is 36.1 Å². The topological polar surface area (TPSA) is 118 Å². The number of piperidine rings is 1. The zero-order valence-corrected chi connectivity index (χ0v) is 28.2. The molecule has 51 heavy (non-hydrogen) atoms. The molecule has 2 aromatic heterocycles. The number of methoxy groups -OCH3 is 1. The van der Waals surface area contributed by atoms with Gasteiger partial charge in [-0.3, -0.25) is 14.5 Å². The summed E-state index contributed by atoms with van der Waals surface area (Å²) in [4.78, 5) is 39.2. The molecule has 2 aliphatic rings. The fourth-order valence-electron chi connectivity index (χ4n) is 6.15. The first-order chi connectivity index (χ1) is 24.2. The number of halogens is 6. The van der Waals surface area contributed by atoms with Gasteiger partial charge in [-0.2, -0.15) is 31.4 Å². The molecule has 1 N–H and O–H groups in total. The smallest absolute Gasteiger partial charge is 0.423 e. The van der Waals surface area contributed by atoms with Crippen LogP contribution in [0.2, 0.25) is 0 Å². The molecule has 0 spiro atoms. The molecule has 3 aromatic rings. The minimum absolute atomic E-state index is 0.0151. The Morgan fingerprint density at radius 2 is 1.63 bits per heavy atom. The van der Waals surface area contributed by atoms with Crippen LogP contribution in [0.3, 0.4) is 0 Å². The molecule has 2 aliphatic heterocycles. The van der Waals surface area contributed by atoms with Gasteiger partial charge in [0.25, 0.3) is 5.56 Å². The number of hydrogen-bond donors (Lipinski definition) is 1. The van der Waals surface area contributed by atoms with Crippen LogP contribution in [0.1, 0.15) is 42.9 Å². The maximum Gasteiger partial charge on any atom is 0.423 e. The van der Waals surface area contributed by atoms with Gasteiger partial charge in [0.05, 0.1) is 44.3 Å². The van der Waals surface area contributed by atoms with Gasteiger partial charge in [0.15, 0.2) is 0 Å². The van der Waals surface area contributed by atoms with Gasteiger partial charge in [-0.15, -0.1) is 0 Å². The summed E-state index contributed by atoms with van der Waals surface area (Å²) in [6, 6.07) is 6.15. The van der Waals surface area contributed by atoms with Crippen molar-refractivity contribution in [2.24, 2.45) is 0 Å². The van der Waals surface area contributed by atoms with Crippen molar-refractivity contribution in [2.45, 2.75) is 57.2 Å². The minimum atomic E-state index is -4.91. The number of carbonyl (C=O) groups is 1. The van der Waals surface area contributed by atoms with Crippen LogP contribution in [0, 0.1) is 0 Å². The Bertz CT molecular complexity index is 1660. The normalized spacial score (nSPS) is 17.1. The van der Waals surface area contributed by atoms with E-state index < -0.39 is 40.8 Å². The summed E-state index contributed by atoms with van der Waals surface area (Å²) >= 11 is 0. The number of anilines is 2. The Balaban J connectivity index is 1.02. The Kier molecular flexibility index (Phi) is 12.1. The molecule has 12 nitrogen and oxygen atoms in total. The van der Waals surface area contributed by atoms with Crippen LogP contribution in [-0.4, -0.2) is 107 Å². The lowest BCUT2D eigenvalue weighted by Gasteiger charge is -2.42. The third-order valence-corrected chi connectivity index (χ3v) is 8.88. The van der Waals surface area contributed by atoms with E-state index in [4.69, 9.17) is 9.47 Å². The molecule has 1 atom stereocenters. The van der Waals surface area contributed by atoms with Gasteiger partial charge in [-0.25, -0.2) is 14.6 Å². The lowest BCUT2D eigenvalue weighted by Crippen LogP contribution is -2.56. The molecular formula is C33H40F6N8O4. The highest BCUT2D eigenvalue weighted by atomic mass is 19.4. The first kappa shape index (κ1) is 37.8. The van der Waals surface area contributed by atoms with Crippen molar-refractivity contribution in [3.63, 3.8) is 0 Å². The number of carbonyl (C=O) groups excluding carboxylic acids is 1. The molecule has 0 radical (unpaired) electrons. The molecule has 0 bridgehead atoms. The third-order valence-electron chi connectivity index (χ3n) is 8.88. The van der Waals surface area contributed by atoms with Crippen LogP contribution in [0.25, 0.3) is 0 Å². The zero-order valence-electron chi connectivity index (χ0n) is 28.2. The number of amides is 1. The molecule has 1 amide bonds. The highest BCUT2D eigenvalue weighted by Gasteiger charge is 2.39. The Morgan fingerprint density at radius 3 is 2.24 bits per heavy atom. The maximum absolute atomic E-state index is 14.0. The lowest BCUT2D eigenvalue weighted by atomic mass is 10.0. The summed E-state index contributed by atoms with van der Waals surface area (Å²) in [5.74, 6) is 0.811. The van der Waals surface area contributed by atoms with Crippen molar-refractivity contribution in [1.82, 2.24) is 29.5 Å². The van der Waals surface area contributed by atoms with Crippen LogP contribution in [0.15, 0.2) is 47.7 Å². The molecule has 0 saturated carbocycles. The second kappa shape index (κ2) is 16.3. The average molecular weight is 727 g/mol. The van der Waals surface area contributed by atoms with Crippen molar-refractivity contribution in [3.8, 4) is 5.75 Å². The number of aromatic nitrogens is 4. The third kappa shape index (κ3) is 9.87. The van der Waals surface area contributed by atoms with Gasteiger partial charge in [-0.05, 0) is 43.9 Å². The highest BCUT2D eigenvalue weighted by molar-refractivity contribution is 5.79. The molecule has 0 aliphatic carbocycles. The standard InChI is InChI=1S/C33H40F6N8O4/c1-22(43-27-18-42-47(30(49)29(27)33(37,38)39)19-23-4-6-26(50-2)7-5-23)21-51-15-3-10-44-13-14-46(20-28(44)48)25-8-11-45(12-9-25)31-40-16-24(17-41-31)32(34,35)36/h4-7,16-18,22,25,43H,3,8-15,19-21H2,1-2H3. The van der Waals surface area contributed by atoms with Crippen LogP contribution >= 0.6 is 0 Å². The monoisotopic (exact) mass is 726 g/mol. The quantitative estimate of drug-likeness (QED) is 0.204. The van der Waals surface area contributed by atoms with E-state index in [0.29, 0.717) is 50.5 Å². The van der Waals surface area contributed by atoms with Crippen molar-refractivity contribution >= 4 is 17.5 Å². The van der Waals surface area contributed by atoms with Gasteiger partial charge in [-0.1, -0.05) is 12.1 Å². The van der Waals surface area contributed by atoms with Crippen LogP contribution in [-0.2, 0) is 28.4 Å². The highest BCUT2D eigenvalue weighted by Crippen LogP contribution is 2.32. The van der Waals surface area contributed by atoms with Crippen molar-refractivity contribution in [1.29, 1.82) is 0 Å².